The van der Waals surface area contributed by atoms with Gasteiger partial charge in [0.1, 0.15) is 0 Å². The first-order chi connectivity index (χ1) is 9.27. The number of fused-ring (bicyclic) bond motifs is 1. The van der Waals surface area contributed by atoms with Crippen molar-refractivity contribution >= 4 is 32.6 Å². The van der Waals surface area contributed by atoms with Crippen molar-refractivity contribution in [1.29, 1.82) is 0 Å². The first-order valence-corrected chi connectivity index (χ1v) is 6.85. The van der Waals surface area contributed by atoms with Gasteiger partial charge in [-0.3, -0.25) is 4.79 Å². The molecule has 0 bridgehead atoms. The molecule has 7 heteroatoms. The molecule has 0 saturated heterocycles. The lowest BCUT2D eigenvalue weighted by atomic mass is 10.1. The summed E-state index contributed by atoms with van der Waals surface area (Å²) in [7, 11) is 0. The van der Waals surface area contributed by atoms with E-state index >= 15 is 0 Å². The minimum atomic E-state index is -4.45. The highest BCUT2D eigenvalue weighted by atomic mass is 32.1. The number of halogens is 3. The van der Waals surface area contributed by atoms with Crippen molar-refractivity contribution in [1.82, 2.24) is 4.98 Å². The summed E-state index contributed by atoms with van der Waals surface area (Å²) in [5.74, 6) is -0.0669. The monoisotopic (exact) mass is 302 g/mol. The number of alkyl halides is 3. The van der Waals surface area contributed by atoms with Crippen LogP contribution in [0.5, 0.6) is 0 Å². The summed E-state index contributed by atoms with van der Waals surface area (Å²) in [5, 5.41) is 2.74. The van der Waals surface area contributed by atoms with Crippen LogP contribution in [0.25, 0.3) is 10.2 Å². The highest BCUT2D eigenvalue weighted by Gasteiger charge is 2.33. The Bertz CT molecular complexity index is 634. The van der Waals surface area contributed by atoms with Crippen LogP contribution < -0.4 is 5.32 Å². The van der Waals surface area contributed by atoms with Crippen LogP contribution in [0, 0.1) is 5.92 Å². The Labute approximate surface area is 117 Å². The normalized spacial score (nSPS) is 12.1. The zero-order valence-electron chi connectivity index (χ0n) is 10.9. The number of hydrogen-bond acceptors (Lipinski definition) is 3. The third-order valence-corrected chi connectivity index (χ3v) is 3.50. The number of carbonyl (C=O) groups excluding carboxylic acids is 1. The van der Waals surface area contributed by atoms with Crippen molar-refractivity contribution in [3.63, 3.8) is 0 Å². The molecule has 0 saturated carbocycles. The molecule has 0 fully saturated rings. The van der Waals surface area contributed by atoms with Crippen LogP contribution >= 0.6 is 11.3 Å². The van der Waals surface area contributed by atoms with Crippen LogP contribution in [0.2, 0.25) is 0 Å². The molecular weight excluding hydrogens is 289 g/mol. The molecule has 0 radical (unpaired) electrons. The van der Waals surface area contributed by atoms with Gasteiger partial charge in [0, 0.05) is 6.42 Å². The molecule has 3 nitrogen and oxygen atoms in total. The Morgan fingerprint density at radius 1 is 1.40 bits per heavy atom. The summed E-state index contributed by atoms with van der Waals surface area (Å²) in [6, 6.07) is 3.88. The second-order valence-corrected chi connectivity index (χ2v) is 5.85. The van der Waals surface area contributed by atoms with Gasteiger partial charge in [0.15, 0.2) is 5.13 Å². The molecule has 20 heavy (non-hydrogen) atoms. The van der Waals surface area contributed by atoms with Gasteiger partial charge in [-0.25, -0.2) is 4.98 Å². The first kappa shape index (κ1) is 14.8. The Morgan fingerprint density at radius 3 is 2.70 bits per heavy atom. The molecule has 1 amide bonds. The van der Waals surface area contributed by atoms with Gasteiger partial charge in [0.25, 0.3) is 0 Å². The fraction of sp³-hybridized carbons (Fsp3) is 0.385. The number of para-hydroxylation sites is 1. The number of anilines is 1. The quantitative estimate of drug-likeness (QED) is 0.918. The highest BCUT2D eigenvalue weighted by Crippen LogP contribution is 2.37. The zero-order chi connectivity index (χ0) is 14.9. The maximum Gasteiger partial charge on any atom is 0.418 e. The third kappa shape index (κ3) is 3.27. The fourth-order valence-corrected chi connectivity index (χ4v) is 2.68. The molecule has 2 rings (SSSR count). The van der Waals surface area contributed by atoms with Gasteiger partial charge in [-0.15, -0.1) is 0 Å². The lowest BCUT2D eigenvalue weighted by molar-refractivity contribution is -0.136. The van der Waals surface area contributed by atoms with E-state index in [1.807, 2.05) is 13.8 Å². The molecule has 0 unspecified atom stereocenters. The largest absolute Gasteiger partial charge is 0.418 e. The molecule has 0 atom stereocenters. The van der Waals surface area contributed by atoms with Crippen molar-refractivity contribution in [3.05, 3.63) is 23.8 Å². The summed E-state index contributed by atoms with van der Waals surface area (Å²) in [4.78, 5) is 15.5. The molecule has 1 aromatic heterocycles. The number of hydrogen-bond donors (Lipinski definition) is 1. The number of carbonyl (C=O) groups is 1. The average molecular weight is 302 g/mol. The second kappa shape index (κ2) is 5.40. The van der Waals surface area contributed by atoms with Crippen LogP contribution in [0.3, 0.4) is 0 Å². The predicted octanol–water partition coefficient (Wildman–Crippen LogP) is 4.30. The van der Waals surface area contributed by atoms with Crippen molar-refractivity contribution in [3.8, 4) is 0 Å². The fourth-order valence-electron chi connectivity index (χ4n) is 1.77. The molecular formula is C13H13F3N2OS. The smallest absolute Gasteiger partial charge is 0.302 e. The second-order valence-electron chi connectivity index (χ2n) is 4.82. The van der Waals surface area contributed by atoms with Crippen LogP contribution in [-0.4, -0.2) is 10.9 Å². The van der Waals surface area contributed by atoms with Gasteiger partial charge in [-0.2, -0.15) is 13.2 Å². The number of rotatable bonds is 3. The minimum Gasteiger partial charge on any atom is -0.302 e. The van der Waals surface area contributed by atoms with Crippen LogP contribution in [-0.2, 0) is 11.0 Å². The summed E-state index contributed by atoms with van der Waals surface area (Å²) in [6.07, 6.45) is -4.14. The molecule has 1 heterocycles. The molecule has 0 spiro atoms. The number of aromatic nitrogens is 1. The van der Waals surface area contributed by atoms with Crippen molar-refractivity contribution in [2.45, 2.75) is 26.4 Å². The third-order valence-electron chi connectivity index (χ3n) is 2.56. The van der Waals surface area contributed by atoms with E-state index in [-0.39, 0.29) is 22.5 Å². The van der Waals surface area contributed by atoms with Gasteiger partial charge in [-0.1, -0.05) is 31.3 Å². The van der Waals surface area contributed by atoms with Gasteiger partial charge >= 0.3 is 6.18 Å². The van der Waals surface area contributed by atoms with Gasteiger partial charge in [0.2, 0.25) is 5.91 Å². The topological polar surface area (TPSA) is 42.0 Å². The predicted molar refractivity (Wildman–Crippen MR) is 72.7 cm³/mol. The SMILES string of the molecule is CC(C)CC(=O)Nc1nc2c(C(F)(F)F)cccc2s1. The van der Waals surface area contributed by atoms with E-state index in [2.05, 4.69) is 10.3 Å². The van der Waals surface area contributed by atoms with Crippen LogP contribution in [0.1, 0.15) is 25.8 Å². The maximum absolute atomic E-state index is 12.8. The number of thiazole rings is 1. The summed E-state index contributed by atoms with van der Waals surface area (Å²) in [6.45, 7) is 3.78. The Balaban J connectivity index is 2.32. The number of nitrogens with zero attached hydrogens (tertiary/aromatic N) is 1. The van der Waals surface area contributed by atoms with Gasteiger partial charge in [0.05, 0.1) is 15.8 Å². The van der Waals surface area contributed by atoms with E-state index in [1.165, 1.54) is 6.07 Å². The first-order valence-electron chi connectivity index (χ1n) is 6.04. The Kier molecular flexibility index (Phi) is 3.99. The molecule has 1 N–H and O–H groups in total. The summed E-state index contributed by atoms with van der Waals surface area (Å²) >= 11 is 1.04. The van der Waals surface area contributed by atoms with Crippen LogP contribution in [0.4, 0.5) is 18.3 Å². The van der Waals surface area contributed by atoms with Crippen molar-refractivity contribution in [2.24, 2.45) is 5.92 Å². The molecule has 2 aromatic rings. The summed E-state index contributed by atoms with van der Waals surface area (Å²) < 4.78 is 38.9. The maximum atomic E-state index is 12.8. The molecule has 0 aliphatic heterocycles. The Hall–Kier alpha value is -1.63. The van der Waals surface area contributed by atoms with E-state index in [1.54, 1.807) is 6.07 Å². The summed E-state index contributed by atoms with van der Waals surface area (Å²) in [5.41, 5.74) is -0.902. The number of benzene rings is 1. The zero-order valence-corrected chi connectivity index (χ0v) is 11.7. The number of nitrogens with one attached hydrogen (secondary N) is 1. The molecule has 0 aliphatic carbocycles. The van der Waals surface area contributed by atoms with E-state index in [4.69, 9.17) is 0 Å². The Morgan fingerprint density at radius 2 is 2.10 bits per heavy atom. The van der Waals surface area contributed by atoms with Gasteiger partial charge < -0.3 is 5.32 Å². The van der Waals surface area contributed by atoms with Gasteiger partial charge in [-0.05, 0) is 18.1 Å². The van der Waals surface area contributed by atoms with E-state index in [9.17, 15) is 18.0 Å². The molecule has 0 aliphatic rings. The lowest BCUT2D eigenvalue weighted by Crippen LogP contribution is -2.13. The van der Waals surface area contributed by atoms with E-state index < -0.39 is 11.7 Å². The molecule has 108 valence electrons. The number of amides is 1. The van der Waals surface area contributed by atoms with Crippen molar-refractivity contribution in [2.75, 3.05) is 5.32 Å². The van der Waals surface area contributed by atoms with E-state index in [0.717, 1.165) is 17.4 Å². The standard InChI is InChI=1S/C13H13F3N2OS/c1-7(2)6-10(19)17-12-18-11-8(13(14,15)16)4-3-5-9(11)20-12/h3-5,7H,6H2,1-2H3,(H,17,18,19). The van der Waals surface area contributed by atoms with Crippen molar-refractivity contribution < 1.29 is 18.0 Å². The minimum absolute atomic E-state index is 0.121. The highest BCUT2D eigenvalue weighted by molar-refractivity contribution is 7.22. The van der Waals surface area contributed by atoms with Crippen LogP contribution in [0.15, 0.2) is 18.2 Å². The lowest BCUT2D eigenvalue weighted by Gasteiger charge is -2.06. The average Bonchev–Trinajstić information content (AvgIpc) is 2.67. The van der Waals surface area contributed by atoms with E-state index in [0.29, 0.717) is 11.1 Å². The molecule has 1 aromatic carbocycles.